The van der Waals surface area contributed by atoms with Crippen LogP contribution in [-0.4, -0.2) is 62.4 Å². The van der Waals surface area contributed by atoms with Crippen molar-refractivity contribution in [3.63, 3.8) is 0 Å². The molecule has 0 spiro atoms. The number of amides is 1. The monoisotopic (exact) mass is 457 g/mol. The van der Waals surface area contributed by atoms with E-state index < -0.39 is 5.91 Å². The van der Waals surface area contributed by atoms with Crippen molar-refractivity contribution >= 4 is 29.7 Å². The van der Waals surface area contributed by atoms with Gasteiger partial charge in [0.15, 0.2) is 10.9 Å². The van der Waals surface area contributed by atoms with Crippen molar-refractivity contribution in [1.29, 1.82) is 0 Å². The molecule has 0 bridgehead atoms. The van der Waals surface area contributed by atoms with Crippen LogP contribution in [0.15, 0.2) is 39.4 Å². The van der Waals surface area contributed by atoms with E-state index in [1.165, 1.54) is 34.8 Å². The first kappa shape index (κ1) is 20.8. The summed E-state index contributed by atoms with van der Waals surface area (Å²) in [7, 11) is 1.78. The number of carbonyl (C=O) groups excluding carboxylic acids is 1. The summed E-state index contributed by atoms with van der Waals surface area (Å²) in [4.78, 5) is 12.7. The Bertz CT molecular complexity index is 1290. The maximum atomic E-state index is 12.7. The zero-order valence-corrected chi connectivity index (χ0v) is 17.1. The number of nitrogens with one attached hydrogen (secondary N) is 1. The Morgan fingerprint density at radius 2 is 2.19 bits per heavy atom. The number of benzene rings is 1. The average Bonchev–Trinajstić information content (AvgIpc) is 3.47. The molecular weight excluding hydrogens is 442 g/mol. The summed E-state index contributed by atoms with van der Waals surface area (Å²) in [5, 5.41) is 46.4. The molecule has 0 atom stereocenters. The van der Waals surface area contributed by atoms with E-state index in [1.54, 1.807) is 17.9 Å². The lowest BCUT2D eigenvalue weighted by Gasteiger charge is -2.05. The van der Waals surface area contributed by atoms with Crippen molar-refractivity contribution in [2.75, 3.05) is 5.73 Å². The topological polar surface area (TPSA) is 208 Å². The first-order chi connectivity index (χ1) is 15.4. The molecule has 4 rings (SSSR count). The third-order valence-corrected chi connectivity index (χ3v) is 5.11. The SMILES string of the molecule is Cn1cnnc1SCc1c(C(=O)N/N=C/c2ccc(O)cc2O)nnn1-c1nonc1N. The fraction of sp³-hybridized carbons (Fsp3) is 0.125. The molecule has 0 radical (unpaired) electrons. The molecule has 0 unspecified atom stereocenters. The predicted octanol–water partition coefficient (Wildman–Crippen LogP) is -0.172. The van der Waals surface area contributed by atoms with Crippen LogP contribution < -0.4 is 11.2 Å². The number of thioether (sulfide) groups is 1. The molecule has 0 aliphatic carbocycles. The number of carbonyl (C=O) groups is 1. The van der Waals surface area contributed by atoms with E-state index >= 15 is 0 Å². The van der Waals surface area contributed by atoms with Crippen molar-refractivity contribution < 1.29 is 19.6 Å². The van der Waals surface area contributed by atoms with E-state index in [-0.39, 0.29) is 40.1 Å². The van der Waals surface area contributed by atoms with Gasteiger partial charge in [-0.25, -0.2) is 10.1 Å². The fourth-order valence-electron chi connectivity index (χ4n) is 2.51. The third kappa shape index (κ3) is 4.19. The first-order valence-electron chi connectivity index (χ1n) is 8.79. The molecule has 1 aromatic carbocycles. The van der Waals surface area contributed by atoms with E-state index in [4.69, 9.17) is 5.73 Å². The van der Waals surface area contributed by atoms with Crippen LogP contribution >= 0.6 is 11.8 Å². The van der Waals surface area contributed by atoms with Gasteiger partial charge in [-0.1, -0.05) is 17.0 Å². The van der Waals surface area contributed by atoms with Gasteiger partial charge in [-0.15, -0.1) is 15.3 Å². The molecule has 1 amide bonds. The van der Waals surface area contributed by atoms with Crippen molar-refractivity contribution in [2.24, 2.45) is 12.1 Å². The standard InChI is InChI=1S/C16H15N11O4S/c1-26-7-19-22-16(26)32-6-10-12(20-25-27(10)14-13(17)23-31-24-14)15(30)21-18-5-8-2-3-9(28)4-11(8)29/h2-5,7,28-29H,6H2,1H3,(H2,17,23)(H,21,30)/b18-5+. The number of nitrogen functional groups attached to an aromatic ring is 1. The van der Waals surface area contributed by atoms with Gasteiger partial charge in [-0.3, -0.25) is 4.79 Å². The maximum Gasteiger partial charge on any atom is 0.293 e. The Morgan fingerprint density at radius 3 is 2.88 bits per heavy atom. The van der Waals surface area contributed by atoms with Crippen LogP contribution in [0.4, 0.5) is 5.82 Å². The second-order valence-corrected chi connectivity index (χ2v) is 7.17. The van der Waals surface area contributed by atoms with Crippen LogP contribution in [0.2, 0.25) is 0 Å². The summed E-state index contributed by atoms with van der Waals surface area (Å²) < 4.78 is 7.56. The van der Waals surface area contributed by atoms with Gasteiger partial charge in [-0.2, -0.15) is 9.78 Å². The molecule has 0 saturated heterocycles. The predicted molar refractivity (Wildman–Crippen MR) is 109 cm³/mol. The Balaban J connectivity index is 1.58. The van der Waals surface area contributed by atoms with Crippen molar-refractivity contribution in [3.8, 4) is 17.3 Å². The van der Waals surface area contributed by atoms with Crippen molar-refractivity contribution in [1.82, 2.24) is 45.5 Å². The Hall–Kier alpha value is -4.47. The lowest BCUT2D eigenvalue weighted by Crippen LogP contribution is -2.20. The van der Waals surface area contributed by atoms with Crippen LogP contribution in [0, 0.1) is 0 Å². The molecular formula is C16H15N11O4S. The molecule has 0 aliphatic rings. The van der Waals surface area contributed by atoms with Crippen molar-refractivity contribution in [2.45, 2.75) is 10.9 Å². The zero-order valence-electron chi connectivity index (χ0n) is 16.3. The van der Waals surface area contributed by atoms with Crippen LogP contribution in [0.3, 0.4) is 0 Å². The number of nitrogens with two attached hydrogens (primary N) is 1. The molecule has 15 nitrogen and oxygen atoms in total. The Kier molecular flexibility index (Phi) is 5.67. The third-order valence-electron chi connectivity index (χ3n) is 4.07. The Morgan fingerprint density at radius 1 is 1.34 bits per heavy atom. The van der Waals surface area contributed by atoms with Gasteiger partial charge in [0.2, 0.25) is 11.6 Å². The maximum absolute atomic E-state index is 12.7. The number of aromatic nitrogens is 8. The van der Waals surface area contributed by atoms with E-state index in [2.05, 4.69) is 46.0 Å². The summed E-state index contributed by atoms with van der Waals surface area (Å²) >= 11 is 1.28. The number of phenols is 2. The molecule has 3 heterocycles. The molecule has 0 aliphatic heterocycles. The van der Waals surface area contributed by atoms with Gasteiger partial charge in [0.25, 0.3) is 5.91 Å². The number of rotatable bonds is 7. The lowest BCUT2D eigenvalue weighted by molar-refractivity contribution is 0.0949. The summed E-state index contributed by atoms with van der Waals surface area (Å²) in [5.74, 6) is -0.739. The highest BCUT2D eigenvalue weighted by Crippen LogP contribution is 2.24. The first-order valence-corrected chi connectivity index (χ1v) is 9.77. The van der Waals surface area contributed by atoms with E-state index in [0.29, 0.717) is 10.9 Å². The molecule has 5 N–H and O–H groups in total. The smallest absolute Gasteiger partial charge is 0.293 e. The molecule has 0 saturated carbocycles. The van der Waals surface area contributed by atoms with Gasteiger partial charge in [0.05, 0.1) is 11.9 Å². The summed E-state index contributed by atoms with van der Waals surface area (Å²) in [6, 6.07) is 3.94. The number of hydrogen-bond acceptors (Lipinski definition) is 13. The molecule has 4 aromatic rings. The number of phenolic OH excluding ortho intramolecular Hbond substituents is 2. The second-order valence-electron chi connectivity index (χ2n) is 6.22. The van der Waals surface area contributed by atoms with E-state index in [9.17, 15) is 15.0 Å². The number of aromatic hydroxyl groups is 2. The highest BCUT2D eigenvalue weighted by molar-refractivity contribution is 7.98. The van der Waals surface area contributed by atoms with Crippen LogP contribution in [0.25, 0.3) is 5.82 Å². The van der Waals surface area contributed by atoms with Gasteiger partial charge in [-0.05, 0) is 22.4 Å². The number of hydrazone groups is 1. The average molecular weight is 457 g/mol. The summed E-state index contributed by atoms with van der Waals surface area (Å²) in [6.45, 7) is 0. The van der Waals surface area contributed by atoms with Crippen molar-refractivity contribution in [3.05, 3.63) is 41.5 Å². The van der Waals surface area contributed by atoms with E-state index in [0.717, 1.165) is 6.07 Å². The number of hydrogen-bond donors (Lipinski definition) is 4. The molecule has 0 fully saturated rings. The highest BCUT2D eigenvalue weighted by atomic mass is 32.2. The van der Waals surface area contributed by atoms with Gasteiger partial charge in [0, 0.05) is 24.4 Å². The van der Waals surface area contributed by atoms with Gasteiger partial charge < -0.3 is 20.5 Å². The molecule has 3 aromatic heterocycles. The van der Waals surface area contributed by atoms with E-state index in [1.807, 2.05) is 0 Å². The number of aryl methyl sites for hydroxylation is 1. The van der Waals surface area contributed by atoms with Gasteiger partial charge >= 0.3 is 0 Å². The van der Waals surface area contributed by atoms with Crippen LogP contribution in [-0.2, 0) is 12.8 Å². The summed E-state index contributed by atoms with van der Waals surface area (Å²) in [5.41, 5.74) is 8.64. The quantitative estimate of drug-likeness (QED) is 0.162. The van der Waals surface area contributed by atoms with Crippen LogP contribution in [0.5, 0.6) is 11.5 Å². The largest absolute Gasteiger partial charge is 0.508 e. The fourth-order valence-corrected chi connectivity index (χ4v) is 3.39. The summed E-state index contributed by atoms with van der Waals surface area (Å²) in [6.07, 6.45) is 2.75. The minimum absolute atomic E-state index is 0.0346. The second kappa shape index (κ2) is 8.72. The minimum atomic E-state index is -0.672. The number of anilines is 1. The Labute approximate surface area is 182 Å². The normalized spacial score (nSPS) is 11.3. The lowest BCUT2D eigenvalue weighted by atomic mass is 10.2. The number of nitrogens with zero attached hydrogens (tertiary/aromatic N) is 9. The zero-order chi connectivity index (χ0) is 22.7. The molecule has 16 heteroatoms. The molecule has 32 heavy (non-hydrogen) atoms. The molecule has 164 valence electrons. The highest BCUT2D eigenvalue weighted by Gasteiger charge is 2.24. The van der Waals surface area contributed by atoms with Gasteiger partial charge in [0.1, 0.15) is 17.8 Å². The van der Waals surface area contributed by atoms with Crippen LogP contribution in [0.1, 0.15) is 21.7 Å². The minimum Gasteiger partial charge on any atom is -0.508 e.